The van der Waals surface area contributed by atoms with Crippen molar-refractivity contribution in [1.29, 1.82) is 5.26 Å². The van der Waals surface area contributed by atoms with Crippen LogP contribution in [0.5, 0.6) is 0 Å². The van der Waals surface area contributed by atoms with E-state index in [1.54, 1.807) is 6.20 Å². The van der Waals surface area contributed by atoms with Crippen LogP contribution in [0.1, 0.15) is 38.4 Å². The smallest absolute Gasteiger partial charge is 0.278 e. The second-order valence-corrected chi connectivity index (χ2v) is 8.91. The molecule has 192 valence electrons. The van der Waals surface area contributed by atoms with E-state index < -0.39 is 5.91 Å². The molecule has 11 heteroatoms. The number of hydrogen-bond donors (Lipinski definition) is 4. The van der Waals surface area contributed by atoms with Crippen LogP contribution in [0, 0.1) is 25.2 Å². The van der Waals surface area contributed by atoms with Crippen LogP contribution in [0.2, 0.25) is 0 Å². The van der Waals surface area contributed by atoms with E-state index in [1.165, 1.54) is 6.20 Å². The van der Waals surface area contributed by atoms with Gasteiger partial charge in [0.25, 0.3) is 5.91 Å². The zero-order chi connectivity index (χ0) is 27.5. The Morgan fingerprint density at radius 2 is 1.87 bits per heavy atom. The number of amides is 1. The van der Waals surface area contributed by atoms with Crippen molar-refractivity contribution in [3.05, 3.63) is 95.1 Å². The fourth-order valence-electron chi connectivity index (χ4n) is 3.86. The van der Waals surface area contributed by atoms with Gasteiger partial charge in [0.05, 0.1) is 18.1 Å². The van der Waals surface area contributed by atoms with Gasteiger partial charge in [0, 0.05) is 17.8 Å². The minimum absolute atomic E-state index is 0.00284. The van der Waals surface area contributed by atoms with Gasteiger partial charge in [0.2, 0.25) is 0 Å². The minimum atomic E-state index is -0.520. The zero-order valence-electron chi connectivity index (χ0n) is 21.3. The highest BCUT2D eigenvalue weighted by Crippen LogP contribution is 2.22. The summed E-state index contributed by atoms with van der Waals surface area (Å²) in [7, 11) is 0. The molecule has 0 unspecified atom stereocenters. The number of rotatable bonds is 7. The van der Waals surface area contributed by atoms with Crippen LogP contribution in [0.3, 0.4) is 0 Å². The monoisotopic (exact) mass is 516 g/mol. The molecule has 0 radical (unpaired) electrons. The lowest BCUT2D eigenvalue weighted by Crippen LogP contribution is -2.25. The molecule has 5 rings (SSSR count). The highest BCUT2D eigenvalue weighted by atomic mass is 16.1. The molecule has 3 heterocycles. The summed E-state index contributed by atoms with van der Waals surface area (Å²) in [5.74, 6) is 0.0180. The van der Waals surface area contributed by atoms with Gasteiger partial charge in [-0.25, -0.2) is 19.9 Å². The van der Waals surface area contributed by atoms with E-state index in [1.807, 2.05) is 62.4 Å². The number of hydrogen-bond acceptors (Lipinski definition) is 9. The highest BCUT2D eigenvalue weighted by molar-refractivity contribution is 6.01. The van der Waals surface area contributed by atoms with Crippen molar-refractivity contribution in [3.63, 3.8) is 0 Å². The second-order valence-electron chi connectivity index (χ2n) is 8.91. The Labute approximate surface area is 223 Å². The van der Waals surface area contributed by atoms with Crippen molar-refractivity contribution in [3.8, 4) is 17.3 Å². The van der Waals surface area contributed by atoms with Crippen LogP contribution in [0.15, 0.2) is 61.4 Å². The van der Waals surface area contributed by atoms with Crippen molar-refractivity contribution in [2.75, 3.05) is 11.1 Å². The lowest BCUT2D eigenvalue weighted by molar-refractivity contribution is 0.0969. The van der Waals surface area contributed by atoms with Crippen LogP contribution in [0.25, 0.3) is 28.1 Å². The van der Waals surface area contributed by atoms with Crippen LogP contribution < -0.4 is 16.4 Å². The number of aryl methyl sites for hydroxylation is 2. The summed E-state index contributed by atoms with van der Waals surface area (Å²) in [6, 6.07) is 15.4. The number of aromatic amines is 1. The Hall–Kier alpha value is -5.63. The van der Waals surface area contributed by atoms with Crippen molar-refractivity contribution in [1.82, 2.24) is 35.5 Å². The van der Waals surface area contributed by atoms with Gasteiger partial charge in [-0.1, -0.05) is 43.0 Å². The van der Waals surface area contributed by atoms with E-state index in [0.29, 0.717) is 34.9 Å². The standard InChI is InChI=1S/C28H24N10O/c1-15-4-7-20(10-16(15)2)17(3)34-28(39)24-26(32-13-21(11-29)35-24)31-12-18-5-8-19(9-6-18)22-14-33-27-23(36-22)25(30)37-38-27/h4-10,13-14H,3,12H2,1-2H3,(H,31,32)(H,34,39)(H3,30,33,37,38). The average molecular weight is 517 g/mol. The Morgan fingerprint density at radius 1 is 1.08 bits per heavy atom. The van der Waals surface area contributed by atoms with E-state index in [-0.39, 0.29) is 17.2 Å². The molecule has 39 heavy (non-hydrogen) atoms. The number of nitrogens with two attached hydrogens (primary N) is 1. The molecule has 0 aliphatic rings. The molecular formula is C28H24N10O. The number of nitriles is 1. The molecule has 11 nitrogen and oxygen atoms in total. The number of fused-ring (bicyclic) bond motifs is 1. The first-order chi connectivity index (χ1) is 18.8. The molecule has 0 atom stereocenters. The molecular weight excluding hydrogens is 492 g/mol. The van der Waals surface area contributed by atoms with Crippen molar-refractivity contribution < 1.29 is 4.79 Å². The third-order valence-electron chi connectivity index (χ3n) is 6.23. The second kappa shape index (κ2) is 10.4. The first-order valence-corrected chi connectivity index (χ1v) is 12.0. The van der Waals surface area contributed by atoms with E-state index in [4.69, 9.17) is 5.73 Å². The molecule has 0 aliphatic carbocycles. The van der Waals surface area contributed by atoms with E-state index in [2.05, 4.69) is 47.3 Å². The van der Waals surface area contributed by atoms with Crippen LogP contribution >= 0.6 is 0 Å². The number of carbonyl (C=O) groups is 1. The molecule has 1 amide bonds. The summed E-state index contributed by atoms with van der Waals surface area (Å²) >= 11 is 0. The number of nitrogen functional groups attached to an aromatic ring is 1. The number of anilines is 2. The maximum absolute atomic E-state index is 13.1. The van der Waals surface area contributed by atoms with E-state index in [9.17, 15) is 10.1 Å². The Kier molecular flexibility index (Phi) is 6.67. The summed E-state index contributed by atoms with van der Waals surface area (Å²) in [6.45, 7) is 8.36. The average Bonchev–Trinajstić information content (AvgIpc) is 3.33. The molecule has 0 saturated carbocycles. The summed E-state index contributed by atoms with van der Waals surface area (Å²) in [4.78, 5) is 30.4. The van der Waals surface area contributed by atoms with Gasteiger partial charge in [0.1, 0.15) is 6.07 Å². The Morgan fingerprint density at radius 3 is 2.62 bits per heavy atom. The van der Waals surface area contributed by atoms with Crippen LogP contribution in [-0.4, -0.2) is 36.0 Å². The zero-order valence-corrected chi connectivity index (χ0v) is 21.3. The summed E-state index contributed by atoms with van der Waals surface area (Å²) in [6.07, 6.45) is 2.97. The van der Waals surface area contributed by atoms with Crippen LogP contribution in [0.4, 0.5) is 11.6 Å². The lowest BCUT2D eigenvalue weighted by atomic mass is 10.0. The molecule has 0 fully saturated rings. The van der Waals surface area contributed by atoms with Gasteiger partial charge in [0.15, 0.2) is 34.2 Å². The predicted molar refractivity (Wildman–Crippen MR) is 148 cm³/mol. The SMILES string of the molecule is C=C(NC(=O)c1nc(C#N)cnc1NCc1ccc(-c2cnc3[nH]nc(N)c3n2)cc1)c1ccc(C)c(C)c1. The van der Waals surface area contributed by atoms with Gasteiger partial charge >= 0.3 is 0 Å². The first-order valence-electron chi connectivity index (χ1n) is 12.0. The largest absolute Gasteiger partial charge is 0.380 e. The van der Waals surface area contributed by atoms with Gasteiger partial charge in [-0.15, -0.1) is 0 Å². The summed E-state index contributed by atoms with van der Waals surface area (Å²) < 4.78 is 0. The number of nitrogens with one attached hydrogen (secondary N) is 3. The van der Waals surface area contributed by atoms with Crippen molar-refractivity contribution in [2.24, 2.45) is 0 Å². The predicted octanol–water partition coefficient (Wildman–Crippen LogP) is 3.89. The van der Waals surface area contributed by atoms with Crippen LogP contribution in [-0.2, 0) is 6.54 Å². The van der Waals surface area contributed by atoms with Crippen molar-refractivity contribution in [2.45, 2.75) is 20.4 Å². The van der Waals surface area contributed by atoms with Gasteiger partial charge in [-0.2, -0.15) is 10.4 Å². The third-order valence-corrected chi connectivity index (χ3v) is 6.23. The summed E-state index contributed by atoms with van der Waals surface area (Å²) in [5, 5.41) is 21.9. The molecule has 3 aromatic heterocycles. The topological polar surface area (TPSA) is 171 Å². The Balaban J connectivity index is 1.31. The number of nitrogens with zero attached hydrogens (tertiary/aromatic N) is 6. The van der Waals surface area contributed by atoms with Gasteiger partial charge in [-0.05, 0) is 42.2 Å². The summed E-state index contributed by atoms with van der Waals surface area (Å²) in [5.41, 5.74) is 12.8. The van der Waals surface area contributed by atoms with Crippen molar-refractivity contribution >= 4 is 34.4 Å². The molecule has 0 saturated heterocycles. The number of H-pyrrole nitrogens is 1. The molecule has 0 spiro atoms. The highest BCUT2D eigenvalue weighted by Gasteiger charge is 2.18. The number of carbonyl (C=O) groups excluding carboxylic acids is 1. The quantitative estimate of drug-likeness (QED) is 0.250. The fraction of sp³-hybridized carbons (Fsp3) is 0.107. The third kappa shape index (κ3) is 5.26. The maximum atomic E-state index is 13.1. The number of benzene rings is 2. The Bertz CT molecular complexity index is 1770. The van der Waals surface area contributed by atoms with E-state index >= 15 is 0 Å². The lowest BCUT2D eigenvalue weighted by Gasteiger charge is -2.13. The number of aromatic nitrogens is 6. The first kappa shape index (κ1) is 25.0. The minimum Gasteiger partial charge on any atom is -0.380 e. The molecule has 2 aromatic carbocycles. The van der Waals surface area contributed by atoms with Gasteiger partial charge < -0.3 is 16.4 Å². The fourth-order valence-corrected chi connectivity index (χ4v) is 3.86. The van der Waals surface area contributed by atoms with Gasteiger partial charge in [-0.3, -0.25) is 9.89 Å². The van der Waals surface area contributed by atoms with E-state index in [0.717, 1.165) is 27.8 Å². The molecule has 0 bridgehead atoms. The maximum Gasteiger partial charge on any atom is 0.278 e. The molecule has 5 N–H and O–H groups in total. The molecule has 5 aromatic rings. The normalized spacial score (nSPS) is 10.7. The molecule has 0 aliphatic heterocycles.